The molecule has 1 heterocycles. The van der Waals surface area contributed by atoms with E-state index in [9.17, 15) is 15.0 Å². The van der Waals surface area contributed by atoms with Gasteiger partial charge in [0.2, 0.25) is 0 Å². The van der Waals surface area contributed by atoms with Gasteiger partial charge >= 0.3 is 5.97 Å². The lowest BCUT2D eigenvalue weighted by Crippen LogP contribution is -2.65. The van der Waals surface area contributed by atoms with E-state index in [-0.39, 0.29) is 22.2 Å². The first-order valence-electron chi connectivity index (χ1n) is 13.9. The molecular formula is C29H46O4. The average Bonchev–Trinajstić information content (AvgIpc) is 2.92. The van der Waals surface area contributed by atoms with Crippen LogP contribution in [0.2, 0.25) is 0 Å². The second-order valence-corrected chi connectivity index (χ2v) is 14.7. The van der Waals surface area contributed by atoms with Crippen LogP contribution in [-0.2, 0) is 9.53 Å². The lowest BCUT2D eigenvalue weighted by atomic mass is 9.33. The molecule has 0 aromatic heterocycles. The van der Waals surface area contributed by atoms with Crippen LogP contribution in [0.5, 0.6) is 0 Å². The monoisotopic (exact) mass is 458 g/mol. The van der Waals surface area contributed by atoms with Crippen molar-refractivity contribution in [1.82, 2.24) is 0 Å². The van der Waals surface area contributed by atoms with Gasteiger partial charge in [0.15, 0.2) is 5.79 Å². The normalized spacial score (nSPS) is 61.9. The molecule has 33 heavy (non-hydrogen) atoms. The van der Waals surface area contributed by atoms with E-state index in [1.54, 1.807) is 0 Å². The number of hydrogen-bond acceptors (Lipinski definition) is 3. The highest BCUT2D eigenvalue weighted by atomic mass is 16.6. The molecular weight excluding hydrogens is 412 g/mol. The number of fused-ring (bicyclic) bond motifs is 7. The third-order valence-electron chi connectivity index (χ3n) is 14.0. The second-order valence-electron chi connectivity index (χ2n) is 14.7. The Morgan fingerprint density at radius 2 is 1.55 bits per heavy atom. The van der Waals surface area contributed by atoms with Gasteiger partial charge in [-0.05, 0) is 111 Å². The maximum atomic E-state index is 12.3. The summed E-state index contributed by atoms with van der Waals surface area (Å²) in [5.74, 6) is 1.43. The molecule has 6 aliphatic rings. The average molecular weight is 459 g/mol. The first-order valence-corrected chi connectivity index (χ1v) is 13.9. The molecule has 0 amide bonds. The third-order valence-corrected chi connectivity index (χ3v) is 14.0. The molecule has 4 heteroatoms. The molecule has 6 rings (SSSR count). The maximum Gasteiger partial charge on any atom is 0.309 e. The predicted octanol–water partition coefficient (Wildman–Crippen LogP) is 6.26. The lowest BCUT2D eigenvalue weighted by molar-refractivity contribution is -0.242. The van der Waals surface area contributed by atoms with Crippen molar-refractivity contribution in [3.8, 4) is 0 Å². The van der Waals surface area contributed by atoms with Crippen LogP contribution in [-0.4, -0.2) is 28.6 Å². The van der Waals surface area contributed by atoms with Crippen molar-refractivity contribution in [3.63, 3.8) is 0 Å². The minimum atomic E-state index is -0.882. The van der Waals surface area contributed by atoms with Gasteiger partial charge in [0.05, 0.1) is 12.0 Å². The van der Waals surface area contributed by atoms with Crippen molar-refractivity contribution in [2.24, 2.45) is 56.7 Å². The van der Waals surface area contributed by atoms with E-state index in [4.69, 9.17) is 4.74 Å². The number of aliphatic carboxylic acids is 1. The van der Waals surface area contributed by atoms with Gasteiger partial charge in [-0.2, -0.15) is 0 Å². The fourth-order valence-electron chi connectivity index (χ4n) is 11.3. The molecule has 0 aromatic rings. The molecule has 2 unspecified atom stereocenters. The smallest absolute Gasteiger partial charge is 0.309 e. The highest BCUT2D eigenvalue weighted by Gasteiger charge is 2.71. The molecule has 0 radical (unpaired) electrons. The molecule has 6 fully saturated rings. The number of carboxylic acids is 1. The van der Waals surface area contributed by atoms with E-state index in [1.165, 1.54) is 38.5 Å². The number of carbonyl (C=O) groups is 1. The molecule has 1 spiro atoms. The minimum Gasteiger partial charge on any atom is -0.481 e. The number of carboxylic acid groups (broad SMARTS) is 1. The zero-order chi connectivity index (χ0) is 23.7. The van der Waals surface area contributed by atoms with Crippen LogP contribution in [0.1, 0.15) is 105 Å². The molecule has 5 aliphatic carbocycles. The Morgan fingerprint density at radius 3 is 2.27 bits per heavy atom. The van der Waals surface area contributed by atoms with Crippen molar-refractivity contribution < 1.29 is 19.7 Å². The van der Waals surface area contributed by atoms with Gasteiger partial charge < -0.3 is 14.9 Å². The van der Waals surface area contributed by atoms with Crippen molar-refractivity contribution >= 4 is 5.97 Å². The Bertz CT molecular complexity index is 872. The number of rotatable bonds is 1. The number of hydrogen-bond donors (Lipinski definition) is 2. The van der Waals surface area contributed by atoms with E-state index in [2.05, 4.69) is 27.7 Å². The van der Waals surface area contributed by atoms with Crippen molar-refractivity contribution in [1.29, 1.82) is 0 Å². The maximum absolute atomic E-state index is 12.3. The molecule has 2 bridgehead atoms. The Hall–Kier alpha value is -0.610. The fourth-order valence-corrected chi connectivity index (χ4v) is 11.3. The molecule has 5 saturated carbocycles. The van der Waals surface area contributed by atoms with Gasteiger partial charge in [0.25, 0.3) is 0 Å². The summed E-state index contributed by atoms with van der Waals surface area (Å²) in [6.45, 7) is 12.7. The summed E-state index contributed by atoms with van der Waals surface area (Å²) in [5.41, 5.74) is 0.406. The summed E-state index contributed by atoms with van der Waals surface area (Å²) in [6.07, 6.45) is 12.2. The van der Waals surface area contributed by atoms with Crippen molar-refractivity contribution in [3.05, 3.63) is 0 Å². The van der Waals surface area contributed by atoms with Crippen LogP contribution < -0.4 is 0 Å². The van der Waals surface area contributed by atoms with Crippen LogP contribution in [0.15, 0.2) is 0 Å². The molecule has 2 N–H and O–H groups in total. The van der Waals surface area contributed by atoms with Crippen molar-refractivity contribution in [2.45, 2.75) is 111 Å². The molecule has 0 aromatic carbocycles. The topological polar surface area (TPSA) is 66.8 Å². The molecule has 186 valence electrons. The quantitative estimate of drug-likeness (QED) is 0.486. The second kappa shape index (κ2) is 6.58. The van der Waals surface area contributed by atoms with Crippen LogP contribution in [0, 0.1) is 56.7 Å². The van der Waals surface area contributed by atoms with Gasteiger partial charge in [-0.1, -0.05) is 27.7 Å². The Kier molecular flexibility index (Phi) is 4.55. The van der Waals surface area contributed by atoms with Gasteiger partial charge in [0, 0.05) is 17.8 Å². The van der Waals surface area contributed by atoms with E-state index in [1.807, 2.05) is 6.92 Å². The summed E-state index contributed by atoms with van der Waals surface area (Å²) in [7, 11) is 0. The summed E-state index contributed by atoms with van der Waals surface area (Å²) in [5, 5.41) is 21.2. The van der Waals surface area contributed by atoms with Gasteiger partial charge in [-0.3, -0.25) is 4.79 Å². The van der Waals surface area contributed by atoms with Gasteiger partial charge in [0.1, 0.15) is 0 Å². The van der Waals surface area contributed by atoms with E-state index in [0.717, 1.165) is 50.5 Å². The van der Waals surface area contributed by atoms with Gasteiger partial charge in [-0.25, -0.2) is 0 Å². The lowest BCUT2D eigenvalue weighted by Gasteiger charge is -2.72. The highest BCUT2D eigenvalue weighted by Crippen LogP contribution is 2.76. The van der Waals surface area contributed by atoms with Crippen LogP contribution in [0.25, 0.3) is 0 Å². The van der Waals surface area contributed by atoms with Crippen LogP contribution in [0.4, 0.5) is 0 Å². The molecule has 11 atom stereocenters. The highest BCUT2D eigenvalue weighted by molar-refractivity contribution is 5.74. The van der Waals surface area contributed by atoms with Crippen LogP contribution in [0.3, 0.4) is 0 Å². The Balaban J connectivity index is 1.35. The first kappa shape index (κ1) is 22.8. The summed E-state index contributed by atoms with van der Waals surface area (Å²) >= 11 is 0. The largest absolute Gasteiger partial charge is 0.481 e. The van der Waals surface area contributed by atoms with Crippen LogP contribution >= 0.6 is 0 Å². The first-order chi connectivity index (χ1) is 15.3. The Morgan fingerprint density at radius 1 is 0.848 bits per heavy atom. The Labute approximate surface area is 200 Å². The number of ether oxygens (including phenoxy) is 1. The molecule has 1 saturated heterocycles. The molecule has 1 aliphatic heterocycles. The standard InChI is InChI=1S/C29H46O4/c1-18-28-10-7-20-19(21(28)8-11-29(18,32)33-17-28)6-9-27(5)22-16-25(3,23(30)31)13-12-24(22,2)14-15-26(20,27)4/h18-22,32H,6-17H2,1-5H3,(H,30,31)/t18-,19?,20+,21+,22-,24-,25-,26-,27+,28+,29?/m1/s1. The summed E-state index contributed by atoms with van der Waals surface area (Å²) in [4.78, 5) is 12.3. The summed E-state index contributed by atoms with van der Waals surface area (Å²) in [6, 6.07) is 0. The van der Waals surface area contributed by atoms with Gasteiger partial charge in [-0.15, -0.1) is 0 Å². The SMILES string of the molecule is C[C@H]1C2(O)CC[C@H]3C4CC[C@@]5(C)[C@@H]6C[C@](C)(C(=O)O)CC[C@]6(C)CC[C@]5(C)[C@H]4CC[C@@]31CO2. The van der Waals surface area contributed by atoms with E-state index in [0.29, 0.717) is 17.3 Å². The third kappa shape index (κ3) is 2.59. The van der Waals surface area contributed by atoms with Crippen molar-refractivity contribution in [2.75, 3.05) is 6.61 Å². The zero-order valence-corrected chi connectivity index (χ0v) is 21.6. The number of aliphatic hydroxyl groups is 1. The van der Waals surface area contributed by atoms with E-state index < -0.39 is 17.2 Å². The minimum absolute atomic E-state index is 0.175. The van der Waals surface area contributed by atoms with E-state index >= 15 is 0 Å². The predicted molar refractivity (Wildman–Crippen MR) is 127 cm³/mol. The summed E-state index contributed by atoms with van der Waals surface area (Å²) < 4.78 is 6.10. The fraction of sp³-hybridized carbons (Fsp3) is 0.966. The zero-order valence-electron chi connectivity index (χ0n) is 21.6. The molecule has 4 nitrogen and oxygen atoms in total.